The Labute approximate surface area is 108 Å². The number of carbonyl (C=O) groups is 2. The van der Waals surface area contributed by atoms with Gasteiger partial charge in [0.25, 0.3) is 0 Å². The molecule has 4 nitrogen and oxygen atoms in total. The molecule has 0 radical (unpaired) electrons. The van der Waals surface area contributed by atoms with E-state index in [9.17, 15) is 14.7 Å². The van der Waals surface area contributed by atoms with Crippen LogP contribution in [-0.4, -0.2) is 29.3 Å². The smallest absolute Gasteiger partial charge is 0.337 e. The molecule has 2 unspecified atom stereocenters. The minimum atomic E-state index is -0.740. The Bertz CT molecular complexity index is 388. The average Bonchev–Trinajstić information content (AvgIpc) is 2.37. The predicted octanol–water partition coefficient (Wildman–Crippen LogP) is 1.86. The van der Waals surface area contributed by atoms with Gasteiger partial charge in [0.15, 0.2) is 0 Å². The Balaban J connectivity index is 2.73. The average molecular weight is 301 g/mol. The van der Waals surface area contributed by atoms with Crippen LogP contribution in [0.4, 0.5) is 0 Å². The lowest BCUT2D eigenvalue weighted by atomic mass is 10.0. The Kier molecular flexibility index (Phi) is 5.31. The number of halogens is 1. The second kappa shape index (κ2) is 6.51. The van der Waals surface area contributed by atoms with Crippen molar-refractivity contribution in [2.24, 2.45) is 0 Å². The molecule has 92 valence electrons. The summed E-state index contributed by atoms with van der Waals surface area (Å²) in [6, 6.07) is 6.44. The van der Waals surface area contributed by atoms with Gasteiger partial charge in [-0.3, -0.25) is 0 Å². The van der Waals surface area contributed by atoms with Gasteiger partial charge < -0.3 is 14.6 Å². The molecule has 0 amide bonds. The zero-order valence-corrected chi connectivity index (χ0v) is 10.9. The van der Waals surface area contributed by atoms with Gasteiger partial charge in [-0.2, -0.15) is 0 Å². The standard InChI is InChI=1S/C12H13BrO4/c1-17-12(16)9-4-2-8(3-5-9)11(15)6-10(13)7-14/h2-5,7,10-11,15H,6H2,1H3. The van der Waals surface area contributed by atoms with E-state index in [0.29, 0.717) is 17.5 Å². The van der Waals surface area contributed by atoms with Gasteiger partial charge in [-0.25, -0.2) is 4.79 Å². The van der Waals surface area contributed by atoms with Crippen molar-refractivity contribution in [1.29, 1.82) is 0 Å². The first kappa shape index (κ1) is 13.9. The van der Waals surface area contributed by atoms with Crippen LogP contribution in [0.3, 0.4) is 0 Å². The van der Waals surface area contributed by atoms with Crippen molar-refractivity contribution >= 4 is 28.2 Å². The summed E-state index contributed by atoms with van der Waals surface area (Å²) in [5.41, 5.74) is 1.08. The summed E-state index contributed by atoms with van der Waals surface area (Å²) in [6.45, 7) is 0. The fourth-order valence-electron chi connectivity index (χ4n) is 1.36. The maximum Gasteiger partial charge on any atom is 0.337 e. The second-order valence-corrected chi connectivity index (χ2v) is 4.69. The van der Waals surface area contributed by atoms with E-state index in [1.54, 1.807) is 24.3 Å². The van der Waals surface area contributed by atoms with Crippen molar-refractivity contribution in [2.45, 2.75) is 17.4 Å². The lowest BCUT2D eigenvalue weighted by Crippen LogP contribution is -2.08. The van der Waals surface area contributed by atoms with Crippen LogP contribution < -0.4 is 0 Å². The number of esters is 1. The van der Waals surface area contributed by atoms with Crippen LogP contribution in [0.25, 0.3) is 0 Å². The zero-order chi connectivity index (χ0) is 12.8. The summed E-state index contributed by atoms with van der Waals surface area (Å²) in [5, 5.41) is 9.80. The lowest BCUT2D eigenvalue weighted by Gasteiger charge is -2.12. The lowest BCUT2D eigenvalue weighted by molar-refractivity contribution is -0.107. The van der Waals surface area contributed by atoms with Gasteiger partial charge >= 0.3 is 5.97 Å². The third-order valence-electron chi connectivity index (χ3n) is 2.31. The number of hydrogen-bond donors (Lipinski definition) is 1. The molecule has 1 aromatic rings. The molecule has 0 heterocycles. The molecule has 0 spiro atoms. The van der Waals surface area contributed by atoms with Crippen molar-refractivity contribution in [3.05, 3.63) is 35.4 Å². The summed E-state index contributed by atoms with van der Waals surface area (Å²) < 4.78 is 4.56. The largest absolute Gasteiger partial charge is 0.465 e. The van der Waals surface area contributed by atoms with Crippen LogP contribution in [-0.2, 0) is 9.53 Å². The SMILES string of the molecule is COC(=O)c1ccc(C(O)CC(Br)C=O)cc1. The number of aliphatic hydroxyl groups is 1. The highest BCUT2D eigenvalue weighted by atomic mass is 79.9. The first-order chi connectivity index (χ1) is 8.08. The number of methoxy groups -OCH3 is 1. The Morgan fingerprint density at radius 3 is 2.53 bits per heavy atom. The van der Waals surface area contributed by atoms with Crippen LogP contribution in [0.1, 0.15) is 28.4 Å². The Morgan fingerprint density at radius 2 is 2.06 bits per heavy atom. The molecule has 17 heavy (non-hydrogen) atoms. The molecular weight excluding hydrogens is 288 g/mol. The molecule has 0 saturated carbocycles. The fourth-order valence-corrected chi connectivity index (χ4v) is 1.72. The summed E-state index contributed by atoms with van der Waals surface area (Å²) >= 11 is 3.12. The van der Waals surface area contributed by atoms with Gasteiger partial charge in [-0.15, -0.1) is 0 Å². The van der Waals surface area contributed by atoms with Gasteiger partial charge in [-0.1, -0.05) is 28.1 Å². The third kappa shape index (κ3) is 3.94. The molecule has 1 rings (SSSR count). The molecule has 0 aliphatic carbocycles. The van der Waals surface area contributed by atoms with E-state index in [0.717, 1.165) is 6.29 Å². The number of alkyl halides is 1. The van der Waals surface area contributed by atoms with Crippen LogP contribution in [0.5, 0.6) is 0 Å². The fraction of sp³-hybridized carbons (Fsp3) is 0.333. The van der Waals surface area contributed by atoms with Gasteiger partial charge in [0.2, 0.25) is 0 Å². The molecule has 1 N–H and O–H groups in total. The van der Waals surface area contributed by atoms with Gasteiger partial charge in [0.1, 0.15) is 6.29 Å². The van der Waals surface area contributed by atoms with Gasteiger partial charge in [-0.05, 0) is 24.1 Å². The molecule has 0 saturated heterocycles. The van der Waals surface area contributed by atoms with Crippen molar-refractivity contribution in [3.63, 3.8) is 0 Å². The number of ether oxygens (including phenoxy) is 1. The van der Waals surface area contributed by atoms with Crippen molar-refractivity contribution in [3.8, 4) is 0 Å². The number of aliphatic hydroxyl groups excluding tert-OH is 1. The van der Waals surface area contributed by atoms with Crippen molar-refractivity contribution < 1.29 is 19.4 Å². The quantitative estimate of drug-likeness (QED) is 0.512. The number of rotatable bonds is 5. The van der Waals surface area contributed by atoms with E-state index in [4.69, 9.17) is 0 Å². The van der Waals surface area contributed by atoms with E-state index in [1.807, 2.05) is 0 Å². The zero-order valence-electron chi connectivity index (χ0n) is 9.30. The molecule has 0 aromatic heterocycles. The molecule has 2 atom stereocenters. The second-order valence-electron chi connectivity index (χ2n) is 3.52. The predicted molar refractivity (Wildman–Crippen MR) is 66.1 cm³/mol. The minimum absolute atomic E-state index is 0.293. The number of carbonyl (C=O) groups excluding carboxylic acids is 2. The van der Waals surface area contributed by atoms with Crippen LogP contribution in [0, 0.1) is 0 Å². The molecule has 1 aromatic carbocycles. The van der Waals surface area contributed by atoms with Gasteiger partial charge in [0.05, 0.1) is 23.6 Å². The highest BCUT2D eigenvalue weighted by Gasteiger charge is 2.13. The monoisotopic (exact) mass is 300 g/mol. The van der Waals surface area contributed by atoms with Crippen LogP contribution in [0.15, 0.2) is 24.3 Å². The Hall–Kier alpha value is -1.20. The van der Waals surface area contributed by atoms with Crippen LogP contribution >= 0.6 is 15.9 Å². The molecular formula is C12H13BrO4. The van der Waals surface area contributed by atoms with E-state index in [2.05, 4.69) is 20.7 Å². The van der Waals surface area contributed by atoms with Crippen molar-refractivity contribution in [2.75, 3.05) is 7.11 Å². The summed E-state index contributed by atoms with van der Waals surface area (Å²) in [4.78, 5) is 21.2. The maximum absolute atomic E-state index is 11.2. The van der Waals surface area contributed by atoms with E-state index in [-0.39, 0.29) is 4.83 Å². The summed E-state index contributed by atoms with van der Waals surface area (Å²) in [5.74, 6) is -0.419. The first-order valence-corrected chi connectivity index (χ1v) is 5.95. The van der Waals surface area contributed by atoms with E-state index < -0.39 is 12.1 Å². The summed E-state index contributed by atoms with van der Waals surface area (Å²) in [6.07, 6.45) is 0.281. The molecule has 0 aliphatic heterocycles. The third-order valence-corrected chi connectivity index (χ3v) is 2.90. The number of benzene rings is 1. The molecule has 0 bridgehead atoms. The molecule has 0 fully saturated rings. The first-order valence-electron chi connectivity index (χ1n) is 5.04. The molecule has 0 aliphatic rings. The topological polar surface area (TPSA) is 63.6 Å². The highest BCUT2D eigenvalue weighted by molar-refractivity contribution is 9.09. The normalized spacial score (nSPS) is 13.8. The summed E-state index contributed by atoms with van der Waals surface area (Å²) in [7, 11) is 1.31. The molecule has 5 heteroatoms. The van der Waals surface area contributed by atoms with E-state index in [1.165, 1.54) is 7.11 Å². The highest BCUT2D eigenvalue weighted by Crippen LogP contribution is 2.21. The van der Waals surface area contributed by atoms with Crippen LogP contribution in [0.2, 0.25) is 0 Å². The number of aldehydes is 1. The minimum Gasteiger partial charge on any atom is -0.465 e. The number of hydrogen-bond acceptors (Lipinski definition) is 4. The maximum atomic E-state index is 11.2. The van der Waals surface area contributed by atoms with E-state index >= 15 is 0 Å². The van der Waals surface area contributed by atoms with Gasteiger partial charge in [0, 0.05) is 0 Å². The van der Waals surface area contributed by atoms with Crippen molar-refractivity contribution in [1.82, 2.24) is 0 Å². The Morgan fingerprint density at radius 1 is 1.47 bits per heavy atom.